The number of carbonyl (C=O) groups excluding carboxylic acids is 2. The molecule has 2 amide bonds. The highest BCUT2D eigenvalue weighted by molar-refractivity contribution is 8.02. The molecule has 3 heterocycles. The first-order valence-corrected chi connectivity index (χ1v) is 14.3. The Morgan fingerprint density at radius 1 is 1.22 bits per heavy atom. The molecule has 36 heavy (non-hydrogen) atoms. The van der Waals surface area contributed by atoms with Crippen LogP contribution in [-0.4, -0.2) is 60.6 Å². The number of nitrogens with one attached hydrogen (secondary N) is 1. The molecule has 0 aromatic heterocycles. The number of fused-ring (bicyclic) bond motifs is 1. The summed E-state index contributed by atoms with van der Waals surface area (Å²) in [5.74, 6) is 0.351. The van der Waals surface area contributed by atoms with Gasteiger partial charge in [-0.05, 0) is 76.9 Å². The number of dihydropyridines is 1. The number of piperidine rings is 1. The summed E-state index contributed by atoms with van der Waals surface area (Å²) >= 11 is 8.10. The molecule has 7 nitrogen and oxygen atoms in total. The smallest absolute Gasteiger partial charge is 0.255 e. The van der Waals surface area contributed by atoms with Gasteiger partial charge in [0.25, 0.3) is 17.6 Å². The minimum atomic E-state index is -0.806. The number of rotatable bonds is 7. The van der Waals surface area contributed by atoms with Gasteiger partial charge in [0.2, 0.25) is 0 Å². The molecular weight excluding hydrogens is 498 g/mol. The van der Waals surface area contributed by atoms with E-state index in [0.29, 0.717) is 33.4 Å². The number of ether oxygens (including phenoxy) is 2. The Bertz CT molecular complexity index is 1140. The second kappa shape index (κ2) is 10.0. The fourth-order valence-corrected chi connectivity index (χ4v) is 6.44. The molecule has 194 valence electrons. The quantitative estimate of drug-likeness (QED) is 0.541. The van der Waals surface area contributed by atoms with Crippen molar-refractivity contribution in [3.8, 4) is 11.5 Å². The number of aliphatic imine (C=N–C) groups is 1. The fraction of sp³-hybridized carbons (Fsp3) is 0.593. The van der Waals surface area contributed by atoms with Crippen LogP contribution >= 0.6 is 23.4 Å². The van der Waals surface area contributed by atoms with Crippen molar-refractivity contribution in [3.05, 3.63) is 33.2 Å². The summed E-state index contributed by atoms with van der Waals surface area (Å²) in [5.41, 5.74) is 1.79. The molecule has 4 aliphatic rings. The number of nitrogens with zero attached hydrogens (tertiary/aromatic N) is 2. The third-order valence-corrected chi connectivity index (χ3v) is 8.97. The predicted molar refractivity (Wildman–Crippen MR) is 143 cm³/mol. The van der Waals surface area contributed by atoms with Gasteiger partial charge in [0.05, 0.1) is 10.9 Å². The van der Waals surface area contributed by atoms with Crippen molar-refractivity contribution in [1.82, 2.24) is 10.2 Å². The average molecular weight is 532 g/mol. The highest BCUT2D eigenvalue weighted by atomic mass is 35.5. The van der Waals surface area contributed by atoms with Gasteiger partial charge in [-0.15, -0.1) is 11.8 Å². The molecular formula is C27H34ClN3O4S. The summed E-state index contributed by atoms with van der Waals surface area (Å²) < 4.78 is 12.8. The van der Waals surface area contributed by atoms with Crippen LogP contribution in [0.4, 0.5) is 0 Å². The van der Waals surface area contributed by atoms with E-state index in [2.05, 4.69) is 15.2 Å². The zero-order valence-electron chi connectivity index (χ0n) is 21.4. The first kappa shape index (κ1) is 25.6. The lowest BCUT2D eigenvalue weighted by Gasteiger charge is -2.38. The van der Waals surface area contributed by atoms with Crippen LogP contribution in [0, 0.1) is 24.7 Å². The van der Waals surface area contributed by atoms with Crippen molar-refractivity contribution in [1.29, 1.82) is 0 Å². The van der Waals surface area contributed by atoms with Crippen LogP contribution in [0.25, 0.3) is 0 Å². The van der Waals surface area contributed by atoms with Crippen LogP contribution in [0.3, 0.4) is 0 Å². The van der Waals surface area contributed by atoms with Crippen LogP contribution in [0.15, 0.2) is 22.0 Å². The Labute approximate surface area is 222 Å². The Hall–Kier alpha value is -2.03. The first-order chi connectivity index (χ1) is 17.2. The summed E-state index contributed by atoms with van der Waals surface area (Å²) in [6, 6.07) is 1.63. The van der Waals surface area contributed by atoms with Crippen LogP contribution in [0.2, 0.25) is 5.02 Å². The fourth-order valence-electron chi connectivity index (χ4n) is 5.44. The maximum atomic E-state index is 13.2. The van der Waals surface area contributed by atoms with Crippen molar-refractivity contribution in [3.63, 3.8) is 0 Å². The normalized spacial score (nSPS) is 26.6. The van der Waals surface area contributed by atoms with Gasteiger partial charge in [0.1, 0.15) is 0 Å². The van der Waals surface area contributed by atoms with Gasteiger partial charge in [-0.3, -0.25) is 9.59 Å². The van der Waals surface area contributed by atoms with E-state index in [1.807, 2.05) is 26.2 Å². The number of hydrogen-bond donors (Lipinski definition) is 1. The van der Waals surface area contributed by atoms with Crippen molar-refractivity contribution < 1.29 is 19.1 Å². The molecule has 0 spiro atoms. The zero-order valence-corrected chi connectivity index (χ0v) is 22.9. The molecule has 1 saturated carbocycles. The van der Waals surface area contributed by atoms with Gasteiger partial charge in [0, 0.05) is 47.7 Å². The number of halogens is 1. The highest BCUT2D eigenvalue weighted by Gasteiger charge is 2.47. The number of benzene rings is 1. The van der Waals surface area contributed by atoms with Crippen LogP contribution < -0.4 is 14.8 Å². The van der Waals surface area contributed by atoms with Gasteiger partial charge in [-0.1, -0.05) is 11.6 Å². The number of carbonyl (C=O) groups is 2. The molecule has 5 rings (SSSR count). The lowest BCUT2D eigenvalue weighted by Crippen LogP contribution is -2.48. The summed E-state index contributed by atoms with van der Waals surface area (Å²) in [5, 5.41) is 3.26. The van der Waals surface area contributed by atoms with E-state index in [-0.39, 0.29) is 24.3 Å². The summed E-state index contributed by atoms with van der Waals surface area (Å²) in [4.78, 5) is 33.1. The molecule has 1 aromatic carbocycles. The van der Waals surface area contributed by atoms with E-state index < -0.39 is 11.7 Å². The van der Waals surface area contributed by atoms with Gasteiger partial charge < -0.3 is 19.7 Å². The molecule has 1 N–H and O–H groups in total. The number of thioether (sulfide) groups is 1. The van der Waals surface area contributed by atoms with Gasteiger partial charge in [-0.25, -0.2) is 4.99 Å². The topological polar surface area (TPSA) is 80.2 Å². The van der Waals surface area contributed by atoms with Crippen LogP contribution in [0.5, 0.6) is 11.5 Å². The van der Waals surface area contributed by atoms with Crippen molar-refractivity contribution >= 4 is 40.9 Å². The van der Waals surface area contributed by atoms with Gasteiger partial charge in [-0.2, -0.15) is 0 Å². The Morgan fingerprint density at radius 2 is 1.92 bits per heavy atom. The number of likely N-dealkylation sites (tertiary alicyclic amines) is 1. The average Bonchev–Trinajstić information content (AvgIpc) is 3.58. The molecule has 3 aliphatic heterocycles. The Balaban J connectivity index is 1.27. The summed E-state index contributed by atoms with van der Waals surface area (Å²) in [6.07, 6.45) is 8.55. The van der Waals surface area contributed by atoms with Crippen molar-refractivity contribution in [2.45, 2.75) is 52.2 Å². The standard InChI is InChI=1S/C27H34ClN3O4S/c1-15-11-22(36-4)20(26(33)30-15)13-29-25(32)19-12-21(28)24-23(16(19)2)34-27(3,35-24)18-7-9-31(10-8-18)14-17-5-6-17/h11-12,17-18,20H,5-10,13-14H2,1-4H3,(H,29,32). The maximum absolute atomic E-state index is 13.2. The number of hydrogen-bond acceptors (Lipinski definition) is 6. The van der Waals surface area contributed by atoms with Crippen molar-refractivity contribution in [2.24, 2.45) is 22.7 Å². The van der Waals surface area contributed by atoms with E-state index in [1.54, 1.807) is 13.0 Å². The molecule has 2 fully saturated rings. The first-order valence-electron chi connectivity index (χ1n) is 12.7. The van der Waals surface area contributed by atoms with E-state index in [9.17, 15) is 9.59 Å². The Morgan fingerprint density at radius 3 is 2.58 bits per heavy atom. The monoisotopic (exact) mass is 531 g/mol. The SMILES string of the molecule is CSC1=CC(C)=NC(=O)C1CNC(=O)c1cc(Cl)c2c(c1C)OC(C)(C1CCN(CC3CC3)CC1)O2. The predicted octanol–water partition coefficient (Wildman–Crippen LogP) is 4.85. The lowest BCUT2D eigenvalue weighted by atomic mass is 9.89. The van der Waals surface area contributed by atoms with E-state index in [0.717, 1.165) is 36.8 Å². The number of allylic oxidation sites excluding steroid dienone is 1. The van der Waals surface area contributed by atoms with E-state index >= 15 is 0 Å². The van der Waals surface area contributed by atoms with Crippen molar-refractivity contribution in [2.75, 3.05) is 32.4 Å². The molecule has 9 heteroatoms. The highest BCUT2D eigenvalue weighted by Crippen LogP contribution is 2.51. The third kappa shape index (κ3) is 5.04. The summed E-state index contributed by atoms with van der Waals surface area (Å²) in [7, 11) is 0. The lowest BCUT2D eigenvalue weighted by molar-refractivity contribution is -0.125. The molecule has 2 atom stereocenters. The molecule has 2 unspecified atom stereocenters. The second-order valence-electron chi connectivity index (χ2n) is 10.5. The second-order valence-corrected chi connectivity index (χ2v) is 11.8. The Kier molecular flexibility index (Phi) is 7.13. The minimum absolute atomic E-state index is 0.170. The number of amides is 2. The third-order valence-electron chi connectivity index (χ3n) is 7.82. The molecule has 0 bridgehead atoms. The van der Waals surface area contributed by atoms with Gasteiger partial charge >= 0.3 is 0 Å². The van der Waals surface area contributed by atoms with E-state index in [1.165, 1.54) is 31.1 Å². The van der Waals surface area contributed by atoms with E-state index in [4.69, 9.17) is 21.1 Å². The van der Waals surface area contributed by atoms with Crippen LogP contribution in [-0.2, 0) is 4.79 Å². The molecule has 1 saturated heterocycles. The zero-order chi connectivity index (χ0) is 25.6. The maximum Gasteiger partial charge on any atom is 0.255 e. The largest absolute Gasteiger partial charge is 0.448 e. The summed E-state index contributed by atoms with van der Waals surface area (Å²) in [6.45, 7) is 9.12. The molecule has 0 radical (unpaired) electrons. The molecule has 1 aliphatic carbocycles. The van der Waals surface area contributed by atoms with Crippen LogP contribution in [0.1, 0.15) is 55.5 Å². The molecule has 1 aromatic rings. The van der Waals surface area contributed by atoms with Gasteiger partial charge in [0.15, 0.2) is 11.5 Å². The minimum Gasteiger partial charge on any atom is -0.448 e.